The average molecular weight is 245 g/mol. The fourth-order valence-electron chi connectivity index (χ4n) is 2.07. The van der Waals surface area contributed by atoms with Crippen molar-refractivity contribution in [3.05, 3.63) is 0 Å². The van der Waals surface area contributed by atoms with Crippen molar-refractivity contribution in [1.82, 2.24) is 15.8 Å². The fraction of sp³-hybridized carbons (Fsp3) is 0.909. The monoisotopic (exact) mass is 245 g/mol. The van der Waals surface area contributed by atoms with Crippen LogP contribution in [0, 0.1) is 0 Å². The van der Waals surface area contributed by atoms with Crippen LogP contribution in [-0.2, 0) is 4.74 Å². The van der Waals surface area contributed by atoms with Crippen molar-refractivity contribution in [1.29, 1.82) is 0 Å². The van der Waals surface area contributed by atoms with Gasteiger partial charge in [-0.1, -0.05) is 6.42 Å². The summed E-state index contributed by atoms with van der Waals surface area (Å²) in [5.41, 5.74) is 3.28. The average Bonchev–Trinajstić information content (AvgIpc) is 2.24. The number of ether oxygens (including phenoxy) is 1. The highest BCUT2D eigenvalue weighted by Crippen LogP contribution is 2.19. The number of nitrogens with zero attached hydrogens (tertiary/aromatic N) is 1. The first-order valence-electron chi connectivity index (χ1n) is 5.97. The summed E-state index contributed by atoms with van der Waals surface area (Å²) in [6, 6.07) is 1.09. The van der Waals surface area contributed by atoms with Crippen molar-refractivity contribution in [2.45, 2.75) is 45.2 Å². The summed E-state index contributed by atoms with van der Waals surface area (Å²) in [7, 11) is 1.69. The third kappa shape index (κ3) is 4.23. The number of nitrogens with one attached hydrogen (secondary N) is 2. The first-order valence-corrected chi connectivity index (χ1v) is 6.37. The van der Waals surface area contributed by atoms with E-state index in [0.29, 0.717) is 23.8 Å². The zero-order chi connectivity index (χ0) is 12.0. The number of hydrogen-bond acceptors (Lipinski definition) is 3. The van der Waals surface area contributed by atoms with Crippen molar-refractivity contribution in [3.63, 3.8) is 0 Å². The lowest BCUT2D eigenvalue weighted by molar-refractivity contribution is 0.0734. The SMILES string of the molecule is COCCNC(=S)NN1[C@@H](C)CCC[C@@H]1C. The molecule has 0 spiro atoms. The molecule has 0 saturated carbocycles. The molecular formula is C11H23N3OS. The van der Waals surface area contributed by atoms with Gasteiger partial charge in [-0.05, 0) is 38.9 Å². The number of hydrogen-bond donors (Lipinski definition) is 2. The molecule has 1 aliphatic rings. The Balaban J connectivity index is 2.30. The molecule has 0 bridgehead atoms. The molecule has 0 amide bonds. The zero-order valence-electron chi connectivity index (χ0n) is 10.5. The second-order valence-corrected chi connectivity index (χ2v) is 4.80. The van der Waals surface area contributed by atoms with Gasteiger partial charge in [-0.25, -0.2) is 5.01 Å². The number of rotatable bonds is 4. The lowest BCUT2D eigenvalue weighted by atomic mass is 10.00. The van der Waals surface area contributed by atoms with Gasteiger partial charge in [-0.2, -0.15) is 0 Å². The van der Waals surface area contributed by atoms with E-state index in [9.17, 15) is 0 Å². The van der Waals surface area contributed by atoms with E-state index in [2.05, 4.69) is 29.6 Å². The summed E-state index contributed by atoms with van der Waals surface area (Å²) in [6.45, 7) is 5.90. The van der Waals surface area contributed by atoms with Crippen LogP contribution in [0.3, 0.4) is 0 Å². The molecule has 1 heterocycles. The predicted molar refractivity (Wildman–Crippen MR) is 70.2 cm³/mol. The van der Waals surface area contributed by atoms with Crippen molar-refractivity contribution in [3.8, 4) is 0 Å². The maximum absolute atomic E-state index is 5.23. The molecule has 94 valence electrons. The smallest absolute Gasteiger partial charge is 0.181 e. The molecule has 5 heteroatoms. The number of hydrazine groups is 1. The number of piperidine rings is 1. The summed E-state index contributed by atoms with van der Waals surface area (Å²) in [5.74, 6) is 0. The van der Waals surface area contributed by atoms with Gasteiger partial charge in [0.25, 0.3) is 0 Å². The van der Waals surface area contributed by atoms with Crippen molar-refractivity contribution in [2.24, 2.45) is 0 Å². The molecule has 0 unspecified atom stereocenters. The molecule has 1 aliphatic heterocycles. The molecule has 0 aliphatic carbocycles. The predicted octanol–water partition coefficient (Wildman–Crippen LogP) is 1.27. The molecule has 4 nitrogen and oxygen atoms in total. The lowest BCUT2D eigenvalue weighted by Crippen LogP contribution is -2.56. The highest BCUT2D eigenvalue weighted by Gasteiger charge is 2.24. The van der Waals surface area contributed by atoms with Gasteiger partial charge in [-0.3, -0.25) is 5.43 Å². The third-order valence-electron chi connectivity index (χ3n) is 3.02. The Kier molecular flexibility index (Phi) is 6.01. The third-order valence-corrected chi connectivity index (χ3v) is 3.25. The minimum Gasteiger partial charge on any atom is -0.383 e. The molecular weight excluding hydrogens is 222 g/mol. The summed E-state index contributed by atoms with van der Waals surface area (Å²) in [5, 5.41) is 6.07. The standard InChI is InChI=1S/C11H23N3OS/c1-9-5-4-6-10(2)14(9)13-11(16)12-7-8-15-3/h9-10H,4-8H2,1-3H3,(H2,12,13,16)/t9-,10-/m0/s1. The van der Waals surface area contributed by atoms with Gasteiger partial charge in [0, 0.05) is 25.7 Å². The maximum atomic E-state index is 5.23. The Labute approximate surface area is 104 Å². The number of methoxy groups -OCH3 is 1. The molecule has 2 N–H and O–H groups in total. The van der Waals surface area contributed by atoms with Crippen molar-refractivity contribution >= 4 is 17.3 Å². The minimum absolute atomic E-state index is 0.547. The molecule has 0 aromatic heterocycles. The minimum atomic E-state index is 0.547. The van der Waals surface area contributed by atoms with E-state index in [4.69, 9.17) is 17.0 Å². The van der Waals surface area contributed by atoms with Crippen LogP contribution >= 0.6 is 12.2 Å². The van der Waals surface area contributed by atoms with E-state index in [0.717, 1.165) is 6.54 Å². The van der Waals surface area contributed by atoms with Crippen LogP contribution in [-0.4, -0.2) is 42.5 Å². The van der Waals surface area contributed by atoms with Crippen LogP contribution in [0.25, 0.3) is 0 Å². The Morgan fingerprint density at radius 1 is 1.38 bits per heavy atom. The highest BCUT2D eigenvalue weighted by molar-refractivity contribution is 7.80. The molecule has 16 heavy (non-hydrogen) atoms. The zero-order valence-corrected chi connectivity index (χ0v) is 11.3. The molecule has 0 radical (unpaired) electrons. The molecule has 0 aromatic rings. The highest BCUT2D eigenvalue weighted by atomic mass is 32.1. The summed E-state index contributed by atoms with van der Waals surface area (Å²) >= 11 is 5.23. The van der Waals surface area contributed by atoms with Gasteiger partial charge in [-0.15, -0.1) is 0 Å². The van der Waals surface area contributed by atoms with Crippen LogP contribution in [0.5, 0.6) is 0 Å². The molecule has 1 fully saturated rings. The van der Waals surface area contributed by atoms with E-state index < -0.39 is 0 Å². The van der Waals surface area contributed by atoms with Gasteiger partial charge in [0.2, 0.25) is 0 Å². The number of thiocarbonyl (C=S) groups is 1. The van der Waals surface area contributed by atoms with Crippen LogP contribution in [0.4, 0.5) is 0 Å². The Bertz CT molecular complexity index is 215. The largest absolute Gasteiger partial charge is 0.383 e. The normalized spacial score (nSPS) is 26.4. The summed E-state index contributed by atoms with van der Waals surface area (Å²) in [6.07, 6.45) is 3.78. The van der Waals surface area contributed by atoms with Crippen LogP contribution < -0.4 is 10.7 Å². The summed E-state index contributed by atoms with van der Waals surface area (Å²) in [4.78, 5) is 0. The van der Waals surface area contributed by atoms with Gasteiger partial charge >= 0.3 is 0 Å². The van der Waals surface area contributed by atoms with E-state index in [-0.39, 0.29) is 0 Å². The molecule has 0 aromatic carbocycles. The second-order valence-electron chi connectivity index (χ2n) is 4.40. The van der Waals surface area contributed by atoms with Gasteiger partial charge in [0.15, 0.2) is 5.11 Å². The van der Waals surface area contributed by atoms with Crippen LogP contribution in [0.2, 0.25) is 0 Å². The van der Waals surface area contributed by atoms with Crippen LogP contribution in [0.1, 0.15) is 33.1 Å². The lowest BCUT2D eigenvalue weighted by Gasteiger charge is -2.39. The Hall–Kier alpha value is -0.390. The molecule has 1 saturated heterocycles. The van der Waals surface area contributed by atoms with Gasteiger partial charge < -0.3 is 10.1 Å². The quantitative estimate of drug-likeness (QED) is 0.576. The first kappa shape index (κ1) is 13.7. The van der Waals surface area contributed by atoms with Crippen molar-refractivity contribution < 1.29 is 4.74 Å². The Morgan fingerprint density at radius 3 is 2.56 bits per heavy atom. The maximum Gasteiger partial charge on any atom is 0.181 e. The second kappa shape index (κ2) is 7.04. The van der Waals surface area contributed by atoms with E-state index in [1.807, 2.05) is 0 Å². The van der Waals surface area contributed by atoms with Crippen molar-refractivity contribution in [2.75, 3.05) is 20.3 Å². The van der Waals surface area contributed by atoms with Crippen LogP contribution in [0.15, 0.2) is 0 Å². The van der Waals surface area contributed by atoms with E-state index in [1.165, 1.54) is 19.3 Å². The Morgan fingerprint density at radius 2 is 2.00 bits per heavy atom. The molecule has 2 atom stereocenters. The topological polar surface area (TPSA) is 36.5 Å². The van der Waals surface area contributed by atoms with Gasteiger partial charge in [0.1, 0.15) is 0 Å². The molecule has 1 rings (SSSR count). The summed E-state index contributed by atoms with van der Waals surface area (Å²) < 4.78 is 4.96. The van der Waals surface area contributed by atoms with E-state index in [1.54, 1.807) is 7.11 Å². The fourth-order valence-corrected chi connectivity index (χ4v) is 2.27. The van der Waals surface area contributed by atoms with Gasteiger partial charge in [0.05, 0.1) is 6.61 Å². The first-order chi connectivity index (χ1) is 7.65. The van der Waals surface area contributed by atoms with E-state index >= 15 is 0 Å².